The highest BCUT2D eigenvalue weighted by Gasteiger charge is 2.58. The van der Waals surface area contributed by atoms with Crippen molar-refractivity contribution < 1.29 is 4.79 Å². The molecule has 0 radical (unpaired) electrons. The van der Waals surface area contributed by atoms with Crippen molar-refractivity contribution in [3.63, 3.8) is 0 Å². The summed E-state index contributed by atoms with van der Waals surface area (Å²) >= 11 is 0. The number of hydrogen-bond donors (Lipinski definition) is 0. The Kier molecular flexibility index (Phi) is 3.64. The number of nitrogens with zero attached hydrogens (tertiary/aromatic N) is 3. The second-order valence-corrected chi connectivity index (χ2v) is 8.12. The van der Waals surface area contributed by atoms with Gasteiger partial charge in [-0.15, -0.1) is 0 Å². The maximum atomic E-state index is 13.8. The molecule has 1 amide bonds. The van der Waals surface area contributed by atoms with Crippen molar-refractivity contribution in [1.29, 1.82) is 0 Å². The number of piperidine rings is 1. The molecule has 1 spiro atoms. The smallest absolute Gasteiger partial charge is 0.261 e. The Morgan fingerprint density at radius 2 is 1.81 bits per heavy atom. The highest BCUT2D eigenvalue weighted by molar-refractivity contribution is 6.20. The van der Waals surface area contributed by atoms with Gasteiger partial charge in [-0.3, -0.25) is 4.79 Å². The fourth-order valence-electron chi connectivity index (χ4n) is 5.17. The van der Waals surface area contributed by atoms with Crippen LogP contribution in [0.2, 0.25) is 0 Å². The lowest BCUT2D eigenvalue weighted by Gasteiger charge is -2.51. The molecule has 1 saturated heterocycles. The van der Waals surface area contributed by atoms with Crippen molar-refractivity contribution in [3.8, 4) is 0 Å². The molecule has 0 unspecified atom stereocenters. The fraction of sp³-hybridized carbons (Fsp3) is 0.391. The average molecular weight is 359 g/mol. The number of carbonyl (C=O) groups excluding carboxylic acids is 1. The van der Waals surface area contributed by atoms with Gasteiger partial charge in [-0.05, 0) is 63.3 Å². The number of amides is 1. The molecular weight excluding hydrogens is 334 g/mol. The highest BCUT2D eigenvalue weighted by atomic mass is 16.2. The van der Waals surface area contributed by atoms with E-state index in [-0.39, 0.29) is 11.9 Å². The first-order valence-corrected chi connectivity index (χ1v) is 9.93. The van der Waals surface area contributed by atoms with E-state index < -0.39 is 5.41 Å². The second kappa shape index (κ2) is 5.95. The summed E-state index contributed by atoms with van der Waals surface area (Å²) in [4.78, 5) is 16.3. The number of hydrogen-bond acceptors (Lipinski definition) is 3. The minimum Gasteiger partial charge on any atom is -0.367 e. The van der Waals surface area contributed by atoms with Gasteiger partial charge >= 0.3 is 0 Å². The standard InChI is InChI=1S/C23H25N3O/c1-16-10-12-19(13-11-16)26-22(27)23(17(2)24-26)15-18-7-3-4-8-20(18)25-14-6-5-9-21(23)25/h3-4,7-8,10-13,21H,5-6,9,14-15H2,1-2H3/t21-,23-/m1/s1. The Bertz CT molecular complexity index is 933. The molecular formula is C23H25N3O. The lowest BCUT2D eigenvalue weighted by Crippen LogP contribution is -2.61. The molecule has 3 aliphatic rings. The van der Waals surface area contributed by atoms with Gasteiger partial charge < -0.3 is 4.90 Å². The summed E-state index contributed by atoms with van der Waals surface area (Å²) in [6, 6.07) is 16.9. The van der Waals surface area contributed by atoms with E-state index in [2.05, 4.69) is 36.1 Å². The number of aryl methyl sites for hydroxylation is 1. The van der Waals surface area contributed by atoms with Crippen LogP contribution in [0.25, 0.3) is 0 Å². The lowest BCUT2D eigenvalue weighted by atomic mass is 9.66. The Morgan fingerprint density at radius 3 is 2.63 bits per heavy atom. The summed E-state index contributed by atoms with van der Waals surface area (Å²) in [5.41, 5.74) is 5.04. The topological polar surface area (TPSA) is 35.9 Å². The third-order valence-electron chi connectivity index (χ3n) is 6.59. The van der Waals surface area contributed by atoms with Gasteiger partial charge in [0.05, 0.1) is 11.4 Å². The fourth-order valence-corrected chi connectivity index (χ4v) is 5.17. The van der Waals surface area contributed by atoms with Crippen LogP contribution in [0.4, 0.5) is 11.4 Å². The van der Waals surface area contributed by atoms with Crippen LogP contribution in [0.3, 0.4) is 0 Å². The number of para-hydroxylation sites is 1. The summed E-state index contributed by atoms with van der Waals surface area (Å²) in [5, 5.41) is 6.43. The first-order chi connectivity index (χ1) is 13.1. The maximum Gasteiger partial charge on any atom is 0.261 e. The predicted octanol–water partition coefficient (Wildman–Crippen LogP) is 4.32. The Balaban J connectivity index is 1.62. The molecule has 2 aromatic rings. The maximum absolute atomic E-state index is 13.8. The van der Waals surface area contributed by atoms with Crippen LogP contribution >= 0.6 is 0 Å². The molecule has 138 valence electrons. The largest absolute Gasteiger partial charge is 0.367 e. The summed E-state index contributed by atoms with van der Waals surface area (Å²) in [6.45, 7) is 5.13. The van der Waals surface area contributed by atoms with Crippen molar-refractivity contribution in [2.45, 2.75) is 45.6 Å². The molecule has 0 bridgehead atoms. The zero-order chi connectivity index (χ0) is 18.6. The van der Waals surface area contributed by atoms with Gasteiger partial charge in [0.1, 0.15) is 5.41 Å². The van der Waals surface area contributed by atoms with E-state index in [0.29, 0.717) is 0 Å². The van der Waals surface area contributed by atoms with Crippen LogP contribution < -0.4 is 9.91 Å². The quantitative estimate of drug-likeness (QED) is 0.760. The molecule has 3 heterocycles. The summed E-state index contributed by atoms with van der Waals surface area (Å²) in [7, 11) is 0. The molecule has 3 aliphatic heterocycles. The van der Waals surface area contributed by atoms with Crippen molar-refractivity contribution in [1.82, 2.24) is 0 Å². The summed E-state index contributed by atoms with van der Waals surface area (Å²) in [6.07, 6.45) is 4.17. The molecule has 2 aromatic carbocycles. The van der Waals surface area contributed by atoms with E-state index in [1.54, 1.807) is 5.01 Å². The highest BCUT2D eigenvalue weighted by Crippen LogP contribution is 2.49. The molecule has 4 heteroatoms. The van der Waals surface area contributed by atoms with Gasteiger partial charge in [-0.1, -0.05) is 35.9 Å². The number of benzene rings is 2. The molecule has 1 fully saturated rings. The third-order valence-corrected chi connectivity index (χ3v) is 6.59. The number of carbonyl (C=O) groups is 1. The van der Waals surface area contributed by atoms with Crippen LogP contribution in [0.15, 0.2) is 53.6 Å². The monoisotopic (exact) mass is 359 g/mol. The van der Waals surface area contributed by atoms with Gasteiger partial charge in [0.2, 0.25) is 0 Å². The average Bonchev–Trinajstić information content (AvgIpc) is 2.94. The molecule has 27 heavy (non-hydrogen) atoms. The normalized spacial score (nSPS) is 26.8. The summed E-state index contributed by atoms with van der Waals surface area (Å²) in [5.74, 6) is 0.134. The minimum absolute atomic E-state index is 0.134. The van der Waals surface area contributed by atoms with Crippen molar-refractivity contribution >= 4 is 23.0 Å². The number of hydrazone groups is 1. The number of rotatable bonds is 1. The molecule has 4 nitrogen and oxygen atoms in total. The number of anilines is 2. The molecule has 2 atom stereocenters. The zero-order valence-corrected chi connectivity index (χ0v) is 16.0. The molecule has 5 rings (SSSR count). The van der Waals surface area contributed by atoms with E-state index >= 15 is 0 Å². The predicted molar refractivity (Wildman–Crippen MR) is 109 cm³/mol. The third kappa shape index (κ3) is 2.29. The van der Waals surface area contributed by atoms with Gasteiger partial charge in [0.15, 0.2) is 0 Å². The summed E-state index contributed by atoms with van der Waals surface area (Å²) < 4.78 is 0. The van der Waals surface area contributed by atoms with E-state index in [4.69, 9.17) is 5.10 Å². The molecule has 0 aliphatic carbocycles. The first kappa shape index (κ1) is 16.5. The van der Waals surface area contributed by atoms with Crippen molar-refractivity contribution in [3.05, 3.63) is 59.7 Å². The van der Waals surface area contributed by atoms with Gasteiger partial charge in [-0.25, -0.2) is 0 Å². The second-order valence-electron chi connectivity index (χ2n) is 8.12. The lowest BCUT2D eigenvalue weighted by molar-refractivity contribution is -0.125. The SMILES string of the molecule is CC1=NN(c2ccc(C)cc2)C(=O)[C@]12Cc1ccccc1N1CCCC[C@@H]12. The van der Waals surface area contributed by atoms with Crippen LogP contribution in [-0.4, -0.2) is 24.2 Å². The minimum atomic E-state index is -0.542. The zero-order valence-electron chi connectivity index (χ0n) is 16.0. The van der Waals surface area contributed by atoms with E-state index in [9.17, 15) is 4.79 Å². The number of fused-ring (bicyclic) bond motifs is 4. The Hall–Kier alpha value is -2.62. The first-order valence-electron chi connectivity index (χ1n) is 9.93. The van der Waals surface area contributed by atoms with Crippen LogP contribution in [0, 0.1) is 12.3 Å². The molecule has 0 N–H and O–H groups in total. The Labute approximate surface area is 160 Å². The van der Waals surface area contributed by atoms with Gasteiger partial charge in [0, 0.05) is 18.3 Å². The Morgan fingerprint density at radius 1 is 1.04 bits per heavy atom. The van der Waals surface area contributed by atoms with Gasteiger partial charge in [-0.2, -0.15) is 10.1 Å². The molecule has 0 saturated carbocycles. The molecule has 0 aromatic heterocycles. The van der Waals surface area contributed by atoms with Crippen LogP contribution in [0.1, 0.15) is 37.3 Å². The van der Waals surface area contributed by atoms with Gasteiger partial charge in [0.25, 0.3) is 5.91 Å². The van der Waals surface area contributed by atoms with Crippen molar-refractivity contribution in [2.75, 3.05) is 16.5 Å². The van der Waals surface area contributed by atoms with E-state index in [1.165, 1.54) is 29.7 Å². The van der Waals surface area contributed by atoms with Crippen molar-refractivity contribution in [2.24, 2.45) is 10.5 Å². The van der Waals surface area contributed by atoms with E-state index in [1.807, 2.05) is 31.2 Å². The van der Waals surface area contributed by atoms with E-state index in [0.717, 1.165) is 30.8 Å². The van der Waals surface area contributed by atoms with Crippen LogP contribution in [0.5, 0.6) is 0 Å². The van der Waals surface area contributed by atoms with Crippen LogP contribution in [-0.2, 0) is 11.2 Å².